The van der Waals surface area contributed by atoms with Crippen molar-refractivity contribution >= 4 is 0 Å². The summed E-state index contributed by atoms with van der Waals surface area (Å²) in [6.45, 7) is 2.79. The average molecular weight is 167 g/mol. The predicted octanol–water partition coefficient (Wildman–Crippen LogP) is 1.04. The number of rotatable bonds is 3. The molecule has 0 atom stereocenters. The minimum atomic E-state index is 0.254. The molecule has 0 unspecified atom stereocenters. The first-order valence-corrected chi connectivity index (χ1v) is 3.86. The van der Waals surface area contributed by atoms with Gasteiger partial charge in [-0.25, -0.2) is 0 Å². The molecule has 0 aliphatic heterocycles. The van der Waals surface area contributed by atoms with E-state index in [1.165, 1.54) is 0 Å². The largest absolute Gasteiger partial charge is 0.508 e. The first-order valence-electron chi connectivity index (χ1n) is 3.86. The number of phenolic OH excluding ortho intramolecular Hbond substituents is 1. The van der Waals surface area contributed by atoms with Crippen LogP contribution in [0.4, 0.5) is 0 Å². The highest BCUT2D eigenvalue weighted by Gasteiger charge is 1.97. The first kappa shape index (κ1) is 8.87. The van der Waals surface area contributed by atoms with Crippen LogP contribution in [-0.2, 0) is 0 Å². The summed E-state index contributed by atoms with van der Waals surface area (Å²) in [4.78, 5) is 0. The maximum Gasteiger partial charge on any atom is 0.123 e. The van der Waals surface area contributed by atoms with E-state index in [0.717, 1.165) is 5.56 Å². The van der Waals surface area contributed by atoms with E-state index < -0.39 is 0 Å². The molecule has 0 saturated carbocycles. The molecule has 0 amide bonds. The third kappa shape index (κ3) is 2.13. The van der Waals surface area contributed by atoms with Gasteiger partial charge in [-0.05, 0) is 18.6 Å². The lowest BCUT2D eigenvalue weighted by Crippen LogP contribution is -2.10. The van der Waals surface area contributed by atoms with Gasteiger partial charge >= 0.3 is 0 Å². The average Bonchev–Trinajstić information content (AvgIpc) is 2.07. The molecular weight excluding hydrogens is 154 g/mol. The van der Waals surface area contributed by atoms with E-state index in [4.69, 9.17) is 10.5 Å². The second kappa shape index (κ2) is 3.97. The highest BCUT2D eigenvalue weighted by Crippen LogP contribution is 2.22. The molecule has 0 aliphatic rings. The van der Waals surface area contributed by atoms with Gasteiger partial charge in [0.25, 0.3) is 0 Å². The Morgan fingerprint density at radius 1 is 1.50 bits per heavy atom. The van der Waals surface area contributed by atoms with E-state index in [9.17, 15) is 5.11 Å². The number of benzene rings is 1. The van der Waals surface area contributed by atoms with Crippen LogP contribution in [-0.4, -0.2) is 18.3 Å². The van der Waals surface area contributed by atoms with E-state index >= 15 is 0 Å². The Kier molecular flexibility index (Phi) is 2.94. The van der Waals surface area contributed by atoms with Gasteiger partial charge in [0.15, 0.2) is 0 Å². The summed E-state index contributed by atoms with van der Waals surface area (Å²) in [6.07, 6.45) is 0. The monoisotopic (exact) mass is 167 g/mol. The van der Waals surface area contributed by atoms with Crippen molar-refractivity contribution in [1.29, 1.82) is 0 Å². The van der Waals surface area contributed by atoms with Crippen LogP contribution in [0.15, 0.2) is 18.2 Å². The van der Waals surface area contributed by atoms with E-state index in [1.807, 2.05) is 13.0 Å². The first-order chi connectivity index (χ1) is 5.74. The van der Waals surface area contributed by atoms with Gasteiger partial charge in [0.2, 0.25) is 0 Å². The van der Waals surface area contributed by atoms with Gasteiger partial charge in [-0.15, -0.1) is 0 Å². The Morgan fingerprint density at radius 3 is 2.83 bits per heavy atom. The van der Waals surface area contributed by atoms with E-state index in [0.29, 0.717) is 18.9 Å². The summed E-state index contributed by atoms with van der Waals surface area (Å²) >= 11 is 0. The lowest BCUT2D eigenvalue weighted by Gasteiger charge is -2.05. The number of ether oxygens (including phenoxy) is 1. The van der Waals surface area contributed by atoms with E-state index in [-0.39, 0.29) is 5.75 Å². The van der Waals surface area contributed by atoms with Crippen LogP contribution in [0.2, 0.25) is 0 Å². The molecule has 3 N–H and O–H groups in total. The van der Waals surface area contributed by atoms with Gasteiger partial charge in [0.1, 0.15) is 18.1 Å². The van der Waals surface area contributed by atoms with Crippen LogP contribution in [0.5, 0.6) is 11.5 Å². The van der Waals surface area contributed by atoms with Gasteiger partial charge < -0.3 is 15.6 Å². The van der Waals surface area contributed by atoms with Crippen molar-refractivity contribution in [3.8, 4) is 11.5 Å². The highest BCUT2D eigenvalue weighted by molar-refractivity contribution is 5.38. The summed E-state index contributed by atoms with van der Waals surface area (Å²) < 4.78 is 5.21. The smallest absolute Gasteiger partial charge is 0.123 e. The molecule has 0 saturated heterocycles. The van der Waals surface area contributed by atoms with Crippen molar-refractivity contribution < 1.29 is 9.84 Å². The zero-order chi connectivity index (χ0) is 8.97. The molecule has 0 aliphatic carbocycles. The second-order valence-electron chi connectivity index (χ2n) is 2.59. The maximum absolute atomic E-state index is 9.29. The SMILES string of the molecule is Cc1ccc(OCCN)cc1O. The fourth-order valence-electron chi connectivity index (χ4n) is 0.856. The minimum Gasteiger partial charge on any atom is -0.508 e. The third-order valence-corrected chi connectivity index (χ3v) is 1.57. The van der Waals surface area contributed by atoms with E-state index in [1.54, 1.807) is 12.1 Å². The number of hydrogen-bond acceptors (Lipinski definition) is 3. The molecule has 66 valence electrons. The normalized spacial score (nSPS) is 9.83. The molecule has 1 aromatic rings. The van der Waals surface area contributed by atoms with Crippen LogP contribution in [0.3, 0.4) is 0 Å². The topological polar surface area (TPSA) is 55.5 Å². The molecule has 0 spiro atoms. The Morgan fingerprint density at radius 2 is 2.25 bits per heavy atom. The van der Waals surface area contributed by atoms with Crippen LogP contribution >= 0.6 is 0 Å². The summed E-state index contributed by atoms with van der Waals surface area (Å²) in [6, 6.07) is 5.21. The fraction of sp³-hybridized carbons (Fsp3) is 0.333. The number of phenols is 1. The molecule has 3 heteroatoms. The molecule has 0 bridgehead atoms. The van der Waals surface area contributed by atoms with Gasteiger partial charge in [0, 0.05) is 12.6 Å². The van der Waals surface area contributed by atoms with Gasteiger partial charge in [-0.2, -0.15) is 0 Å². The molecule has 0 fully saturated rings. The van der Waals surface area contributed by atoms with Crippen molar-refractivity contribution in [3.05, 3.63) is 23.8 Å². The Balaban J connectivity index is 2.69. The van der Waals surface area contributed by atoms with Gasteiger partial charge in [-0.1, -0.05) is 6.07 Å². The molecule has 12 heavy (non-hydrogen) atoms. The van der Waals surface area contributed by atoms with Crippen LogP contribution in [0.1, 0.15) is 5.56 Å². The molecular formula is C9H13NO2. The van der Waals surface area contributed by atoms with E-state index in [2.05, 4.69) is 0 Å². The quantitative estimate of drug-likeness (QED) is 0.707. The van der Waals surface area contributed by atoms with Crippen molar-refractivity contribution in [2.24, 2.45) is 5.73 Å². The number of nitrogens with two attached hydrogens (primary N) is 1. The Bertz CT molecular complexity index is 261. The lowest BCUT2D eigenvalue weighted by molar-refractivity contribution is 0.326. The Labute approximate surface area is 71.8 Å². The van der Waals surface area contributed by atoms with Crippen LogP contribution in [0, 0.1) is 6.92 Å². The fourth-order valence-corrected chi connectivity index (χ4v) is 0.856. The van der Waals surface area contributed by atoms with Gasteiger partial charge in [-0.3, -0.25) is 0 Å². The van der Waals surface area contributed by atoms with Crippen molar-refractivity contribution in [2.75, 3.05) is 13.2 Å². The van der Waals surface area contributed by atoms with Gasteiger partial charge in [0.05, 0.1) is 0 Å². The lowest BCUT2D eigenvalue weighted by atomic mass is 10.2. The van der Waals surface area contributed by atoms with Crippen LogP contribution < -0.4 is 10.5 Å². The van der Waals surface area contributed by atoms with Crippen molar-refractivity contribution in [2.45, 2.75) is 6.92 Å². The summed E-state index contributed by atoms with van der Waals surface area (Å²) in [5.41, 5.74) is 6.10. The molecule has 3 nitrogen and oxygen atoms in total. The minimum absolute atomic E-state index is 0.254. The Hall–Kier alpha value is -1.22. The third-order valence-electron chi connectivity index (χ3n) is 1.57. The summed E-state index contributed by atoms with van der Waals surface area (Å²) in [7, 11) is 0. The second-order valence-corrected chi connectivity index (χ2v) is 2.59. The van der Waals surface area contributed by atoms with Crippen molar-refractivity contribution in [3.63, 3.8) is 0 Å². The summed E-state index contributed by atoms with van der Waals surface area (Å²) in [5.74, 6) is 0.910. The summed E-state index contributed by atoms with van der Waals surface area (Å²) in [5, 5.41) is 9.29. The standard InChI is InChI=1S/C9H13NO2/c1-7-2-3-8(6-9(7)11)12-5-4-10/h2-3,6,11H,4-5,10H2,1H3. The molecule has 0 heterocycles. The molecule has 0 aromatic heterocycles. The number of aryl methyl sites for hydroxylation is 1. The highest BCUT2D eigenvalue weighted by atomic mass is 16.5. The molecule has 1 rings (SSSR count). The zero-order valence-corrected chi connectivity index (χ0v) is 7.08. The molecule has 1 aromatic carbocycles. The number of hydrogen-bond donors (Lipinski definition) is 2. The zero-order valence-electron chi connectivity index (χ0n) is 7.08. The molecule has 0 radical (unpaired) electrons. The number of aromatic hydroxyl groups is 1. The predicted molar refractivity (Wildman–Crippen MR) is 47.4 cm³/mol. The van der Waals surface area contributed by atoms with Crippen molar-refractivity contribution in [1.82, 2.24) is 0 Å². The maximum atomic E-state index is 9.29. The van der Waals surface area contributed by atoms with Crippen LogP contribution in [0.25, 0.3) is 0 Å².